The van der Waals surface area contributed by atoms with Gasteiger partial charge in [-0.25, -0.2) is 0 Å². The van der Waals surface area contributed by atoms with Crippen LogP contribution < -0.4 is 5.32 Å². The molecule has 2 unspecified atom stereocenters. The largest absolute Gasteiger partial charge is 0.349 e. The van der Waals surface area contributed by atoms with Crippen LogP contribution in [0, 0.1) is 19.6 Å². The van der Waals surface area contributed by atoms with Gasteiger partial charge in [-0.1, -0.05) is 26.2 Å². The Morgan fingerprint density at radius 3 is 2.76 bits per heavy atom. The molecule has 0 radical (unpaired) electrons. The maximum Gasteiger partial charge on any atom is 0.270 e. The Hall–Kier alpha value is -1.18. The van der Waals surface area contributed by atoms with E-state index in [0.29, 0.717) is 11.5 Å². The van der Waals surface area contributed by atoms with Crippen LogP contribution >= 0.6 is 22.6 Å². The molecule has 0 saturated heterocycles. The fraction of sp³-hybridized carbons (Fsp3) is 0.533. The number of benzene rings is 1. The van der Waals surface area contributed by atoms with Gasteiger partial charge in [0.05, 0.1) is 10.5 Å². The van der Waals surface area contributed by atoms with Gasteiger partial charge in [-0.3, -0.25) is 14.9 Å². The van der Waals surface area contributed by atoms with Crippen LogP contribution in [0.15, 0.2) is 18.2 Å². The zero-order valence-electron chi connectivity index (χ0n) is 12.0. The summed E-state index contributed by atoms with van der Waals surface area (Å²) in [4.78, 5) is 22.8. The summed E-state index contributed by atoms with van der Waals surface area (Å²) in [5, 5.41) is 13.9. The molecule has 0 spiro atoms. The summed E-state index contributed by atoms with van der Waals surface area (Å²) in [5.74, 6) is 0.245. The molecule has 1 saturated carbocycles. The first-order chi connectivity index (χ1) is 9.99. The second kappa shape index (κ2) is 7.20. The van der Waals surface area contributed by atoms with E-state index in [1.165, 1.54) is 25.0 Å². The Labute approximate surface area is 137 Å². The van der Waals surface area contributed by atoms with Crippen molar-refractivity contribution in [2.24, 2.45) is 5.92 Å². The molecular formula is C15H19IN2O3. The maximum absolute atomic E-state index is 12.4. The van der Waals surface area contributed by atoms with Gasteiger partial charge in [-0.2, -0.15) is 0 Å². The van der Waals surface area contributed by atoms with Crippen LogP contribution in [0.5, 0.6) is 0 Å². The van der Waals surface area contributed by atoms with Gasteiger partial charge >= 0.3 is 0 Å². The molecule has 2 atom stereocenters. The zero-order chi connectivity index (χ0) is 15.4. The summed E-state index contributed by atoms with van der Waals surface area (Å²) in [5.41, 5.74) is 0.343. The minimum atomic E-state index is -0.471. The number of non-ortho nitro benzene ring substituents is 1. The fourth-order valence-electron chi connectivity index (χ4n) is 2.75. The number of halogens is 1. The quantitative estimate of drug-likeness (QED) is 0.361. The Morgan fingerprint density at radius 1 is 1.33 bits per heavy atom. The van der Waals surface area contributed by atoms with Gasteiger partial charge < -0.3 is 5.32 Å². The first-order valence-corrected chi connectivity index (χ1v) is 8.31. The third kappa shape index (κ3) is 4.15. The van der Waals surface area contributed by atoms with E-state index >= 15 is 0 Å². The van der Waals surface area contributed by atoms with Gasteiger partial charge in [-0.15, -0.1) is 0 Å². The van der Waals surface area contributed by atoms with E-state index in [9.17, 15) is 14.9 Å². The van der Waals surface area contributed by atoms with Crippen molar-refractivity contribution in [3.8, 4) is 0 Å². The van der Waals surface area contributed by atoms with Gasteiger partial charge in [0, 0.05) is 21.7 Å². The summed E-state index contributed by atoms with van der Waals surface area (Å²) in [6.07, 6.45) is 5.66. The predicted molar refractivity (Wildman–Crippen MR) is 89.3 cm³/mol. The molecular weight excluding hydrogens is 383 g/mol. The van der Waals surface area contributed by atoms with E-state index in [-0.39, 0.29) is 17.6 Å². The van der Waals surface area contributed by atoms with E-state index in [1.807, 2.05) is 22.6 Å². The number of nitro groups is 1. The highest BCUT2D eigenvalue weighted by Gasteiger charge is 2.23. The zero-order valence-corrected chi connectivity index (χ0v) is 14.1. The Morgan fingerprint density at radius 2 is 2.05 bits per heavy atom. The van der Waals surface area contributed by atoms with Crippen molar-refractivity contribution in [3.05, 3.63) is 37.4 Å². The lowest BCUT2D eigenvalue weighted by Crippen LogP contribution is -2.39. The highest BCUT2D eigenvalue weighted by Crippen LogP contribution is 2.24. The molecule has 2 rings (SSSR count). The molecule has 0 aromatic heterocycles. The topological polar surface area (TPSA) is 72.2 Å². The van der Waals surface area contributed by atoms with Crippen LogP contribution in [-0.2, 0) is 0 Å². The smallest absolute Gasteiger partial charge is 0.270 e. The summed E-state index contributed by atoms with van der Waals surface area (Å²) >= 11 is 2.04. The van der Waals surface area contributed by atoms with E-state index < -0.39 is 4.92 Å². The number of hydrogen-bond donors (Lipinski definition) is 1. The third-order valence-corrected chi connectivity index (χ3v) is 5.02. The molecule has 1 aliphatic carbocycles. The van der Waals surface area contributed by atoms with Crippen molar-refractivity contribution < 1.29 is 9.72 Å². The van der Waals surface area contributed by atoms with Gasteiger partial charge in [0.1, 0.15) is 0 Å². The van der Waals surface area contributed by atoms with Gasteiger partial charge in [-0.05, 0) is 47.4 Å². The van der Waals surface area contributed by atoms with Crippen molar-refractivity contribution in [2.45, 2.75) is 45.1 Å². The molecule has 114 valence electrons. The van der Waals surface area contributed by atoms with Crippen LogP contribution in [-0.4, -0.2) is 16.9 Å². The number of nitro benzene ring substituents is 1. The summed E-state index contributed by atoms with van der Waals surface area (Å²) in [6, 6.07) is 4.56. The molecule has 0 bridgehead atoms. The van der Waals surface area contributed by atoms with Crippen LogP contribution in [0.3, 0.4) is 0 Å². The average molecular weight is 402 g/mol. The van der Waals surface area contributed by atoms with E-state index in [4.69, 9.17) is 0 Å². The van der Waals surface area contributed by atoms with Gasteiger partial charge in [0.2, 0.25) is 0 Å². The molecule has 21 heavy (non-hydrogen) atoms. The summed E-state index contributed by atoms with van der Waals surface area (Å²) in [7, 11) is 0. The normalized spacial score (nSPS) is 22.4. The molecule has 1 aliphatic rings. The van der Waals surface area contributed by atoms with Crippen LogP contribution in [0.25, 0.3) is 0 Å². The number of amides is 1. The van der Waals surface area contributed by atoms with Crippen LogP contribution in [0.1, 0.15) is 49.4 Å². The molecule has 1 amide bonds. The second-order valence-electron chi connectivity index (χ2n) is 5.62. The highest BCUT2D eigenvalue weighted by atomic mass is 127. The lowest BCUT2D eigenvalue weighted by atomic mass is 9.96. The lowest BCUT2D eigenvalue weighted by molar-refractivity contribution is -0.384. The Kier molecular flexibility index (Phi) is 5.55. The lowest BCUT2D eigenvalue weighted by Gasteiger charge is -2.23. The molecule has 0 heterocycles. The number of carbonyl (C=O) groups is 1. The van der Waals surface area contributed by atoms with Gasteiger partial charge in [0.25, 0.3) is 11.6 Å². The third-order valence-electron chi connectivity index (χ3n) is 4.08. The van der Waals surface area contributed by atoms with Crippen molar-refractivity contribution in [1.29, 1.82) is 0 Å². The summed E-state index contributed by atoms with van der Waals surface area (Å²) < 4.78 is 0.733. The van der Waals surface area contributed by atoms with Crippen molar-refractivity contribution >= 4 is 34.2 Å². The van der Waals surface area contributed by atoms with Crippen molar-refractivity contribution in [1.82, 2.24) is 5.32 Å². The number of nitrogens with one attached hydrogen (secondary N) is 1. The minimum absolute atomic E-state index is 0.0468. The number of rotatable bonds is 3. The monoisotopic (exact) mass is 402 g/mol. The Bertz CT molecular complexity index is 548. The molecule has 0 aliphatic heterocycles. The van der Waals surface area contributed by atoms with E-state index in [1.54, 1.807) is 6.07 Å². The minimum Gasteiger partial charge on any atom is -0.349 e. The molecule has 1 aromatic carbocycles. The van der Waals surface area contributed by atoms with Gasteiger partial charge in [0.15, 0.2) is 0 Å². The second-order valence-corrected chi connectivity index (χ2v) is 6.78. The molecule has 5 nitrogen and oxygen atoms in total. The Balaban J connectivity index is 2.15. The standard InChI is InChI=1S/C15H19IN2O3/c1-10-5-3-2-4-6-14(10)17-15(19)12-9-11(18(20)21)7-8-13(12)16/h7-10,14H,2-6H2,1H3,(H,17,19). The first kappa shape index (κ1) is 16.2. The first-order valence-electron chi connectivity index (χ1n) is 7.24. The molecule has 1 aromatic rings. The van der Waals surface area contributed by atoms with Crippen LogP contribution in [0.2, 0.25) is 0 Å². The molecule has 1 N–H and O–H groups in total. The van der Waals surface area contributed by atoms with E-state index in [0.717, 1.165) is 22.8 Å². The molecule has 1 fully saturated rings. The van der Waals surface area contributed by atoms with Crippen LogP contribution in [0.4, 0.5) is 5.69 Å². The van der Waals surface area contributed by atoms with Crippen molar-refractivity contribution in [3.63, 3.8) is 0 Å². The predicted octanol–water partition coefficient (Wildman–Crippen LogP) is 3.90. The maximum atomic E-state index is 12.4. The average Bonchev–Trinajstić information content (AvgIpc) is 2.64. The molecule has 6 heteroatoms. The fourth-order valence-corrected chi connectivity index (χ4v) is 3.33. The number of carbonyl (C=O) groups excluding carboxylic acids is 1. The number of hydrogen-bond acceptors (Lipinski definition) is 3. The summed E-state index contributed by atoms with van der Waals surface area (Å²) in [6.45, 7) is 2.16. The van der Waals surface area contributed by atoms with E-state index in [2.05, 4.69) is 12.2 Å². The SMILES string of the molecule is CC1CCCCCC1NC(=O)c1cc([N+](=O)[O-])ccc1I. The number of nitrogens with zero attached hydrogens (tertiary/aromatic N) is 1. The van der Waals surface area contributed by atoms with Crippen molar-refractivity contribution in [2.75, 3.05) is 0 Å². The highest BCUT2D eigenvalue weighted by molar-refractivity contribution is 14.1.